The van der Waals surface area contributed by atoms with Gasteiger partial charge in [0.1, 0.15) is 5.82 Å². The summed E-state index contributed by atoms with van der Waals surface area (Å²) in [6.45, 7) is 0.432. The zero-order chi connectivity index (χ0) is 13.9. The van der Waals surface area contributed by atoms with Crippen LogP contribution in [-0.2, 0) is 0 Å². The Balaban J connectivity index is 2.31. The Morgan fingerprint density at radius 2 is 1.89 bits per heavy atom. The Hall–Kier alpha value is -0.640. The van der Waals surface area contributed by atoms with Gasteiger partial charge in [0.15, 0.2) is 0 Å². The van der Waals surface area contributed by atoms with Crippen molar-refractivity contribution in [3.63, 3.8) is 0 Å². The van der Waals surface area contributed by atoms with Gasteiger partial charge in [-0.25, -0.2) is 4.39 Å². The number of rotatable bonds is 3. The van der Waals surface area contributed by atoms with Gasteiger partial charge in [-0.2, -0.15) is 0 Å². The zero-order valence-electron chi connectivity index (χ0n) is 11.0. The molecule has 1 aliphatic carbocycles. The van der Waals surface area contributed by atoms with E-state index in [-0.39, 0.29) is 16.3 Å². The summed E-state index contributed by atoms with van der Waals surface area (Å²) >= 11 is 6.06. The predicted octanol–water partition coefficient (Wildman–Crippen LogP) is 3.81. The summed E-state index contributed by atoms with van der Waals surface area (Å²) in [7, 11) is 0. The number of halogens is 2. The van der Waals surface area contributed by atoms with Crippen LogP contribution < -0.4 is 5.73 Å². The molecule has 0 radical (unpaired) electrons. The minimum absolute atomic E-state index is 0.282. The highest BCUT2D eigenvalue weighted by atomic mass is 35.5. The summed E-state index contributed by atoms with van der Waals surface area (Å²) in [6.07, 6.45) is 5.61. The van der Waals surface area contributed by atoms with Crippen LogP contribution in [0.2, 0.25) is 5.02 Å². The van der Waals surface area contributed by atoms with E-state index in [1.807, 2.05) is 0 Å². The molecule has 1 saturated carbocycles. The summed E-state index contributed by atoms with van der Waals surface area (Å²) in [6, 6.07) is 4.16. The van der Waals surface area contributed by atoms with E-state index in [0.717, 1.165) is 25.7 Å². The minimum atomic E-state index is -0.719. The molecule has 1 aliphatic rings. The van der Waals surface area contributed by atoms with Gasteiger partial charge in [-0.05, 0) is 30.5 Å². The third-order valence-electron chi connectivity index (χ3n) is 4.34. The van der Waals surface area contributed by atoms with Crippen LogP contribution >= 0.6 is 11.6 Å². The molecular formula is C15H21ClFNO. The lowest BCUT2D eigenvalue weighted by molar-refractivity contribution is 0.0167. The number of aliphatic hydroxyl groups is 1. The monoisotopic (exact) mass is 285 g/mol. The van der Waals surface area contributed by atoms with Crippen LogP contribution in [0.4, 0.5) is 4.39 Å². The van der Waals surface area contributed by atoms with Crippen LogP contribution in [-0.4, -0.2) is 11.7 Å². The number of nitrogens with two attached hydrogens (primary N) is 1. The highest BCUT2D eigenvalue weighted by Crippen LogP contribution is 2.45. The van der Waals surface area contributed by atoms with Crippen molar-refractivity contribution in [2.24, 2.45) is 11.1 Å². The van der Waals surface area contributed by atoms with Crippen molar-refractivity contribution in [2.45, 2.75) is 44.6 Å². The molecule has 1 aromatic carbocycles. The van der Waals surface area contributed by atoms with Crippen molar-refractivity contribution >= 4 is 11.6 Å². The Morgan fingerprint density at radius 3 is 2.42 bits per heavy atom. The molecule has 2 nitrogen and oxygen atoms in total. The second-order valence-electron chi connectivity index (χ2n) is 5.55. The molecule has 2 rings (SSSR count). The summed E-state index contributed by atoms with van der Waals surface area (Å²) in [5.74, 6) is -0.386. The molecule has 1 unspecified atom stereocenters. The lowest BCUT2D eigenvalue weighted by atomic mass is 9.73. The smallest absolute Gasteiger partial charge is 0.124 e. The number of hydrogen-bond donors (Lipinski definition) is 2. The van der Waals surface area contributed by atoms with Crippen molar-refractivity contribution in [1.29, 1.82) is 0 Å². The molecule has 0 heterocycles. The van der Waals surface area contributed by atoms with Crippen molar-refractivity contribution in [2.75, 3.05) is 6.54 Å². The minimum Gasteiger partial charge on any atom is -0.388 e. The van der Waals surface area contributed by atoms with E-state index in [9.17, 15) is 9.50 Å². The predicted molar refractivity (Wildman–Crippen MR) is 75.6 cm³/mol. The first-order chi connectivity index (χ1) is 9.09. The van der Waals surface area contributed by atoms with E-state index in [1.165, 1.54) is 25.0 Å². The third-order valence-corrected chi connectivity index (χ3v) is 4.67. The normalized spacial score (nSPS) is 20.8. The first-order valence-corrected chi connectivity index (χ1v) is 7.30. The van der Waals surface area contributed by atoms with Crippen molar-refractivity contribution < 1.29 is 9.50 Å². The molecule has 19 heavy (non-hydrogen) atoms. The molecule has 0 spiro atoms. The number of benzene rings is 1. The molecule has 1 atom stereocenters. The maximum Gasteiger partial charge on any atom is 0.124 e. The van der Waals surface area contributed by atoms with Crippen LogP contribution in [0.25, 0.3) is 0 Å². The zero-order valence-corrected chi connectivity index (χ0v) is 11.8. The molecular weight excluding hydrogens is 265 g/mol. The van der Waals surface area contributed by atoms with E-state index >= 15 is 0 Å². The Kier molecular flexibility index (Phi) is 4.82. The standard InChI is InChI=1S/C15H21ClFNO/c16-13-9-11(17)5-6-12(13)14(19)15(10-18)7-3-1-2-4-8-15/h5-6,9,14,19H,1-4,7-8,10,18H2. The van der Waals surface area contributed by atoms with Gasteiger partial charge < -0.3 is 10.8 Å². The van der Waals surface area contributed by atoms with Crippen LogP contribution in [0.5, 0.6) is 0 Å². The van der Waals surface area contributed by atoms with Crippen molar-refractivity contribution in [1.82, 2.24) is 0 Å². The maximum absolute atomic E-state index is 13.1. The van der Waals surface area contributed by atoms with Gasteiger partial charge >= 0.3 is 0 Å². The fourth-order valence-corrected chi connectivity index (χ4v) is 3.35. The van der Waals surface area contributed by atoms with Gasteiger partial charge in [-0.1, -0.05) is 43.4 Å². The lowest BCUT2D eigenvalue weighted by Gasteiger charge is -2.37. The van der Waals surface area contributed by atoms with E-state index < -0.39 is 6.10 Å². The van der Waals surface area contributed by atoms with Gasteiger partial charge in [0.25, 0.3) is 0 Å². The Labute approximate surface area is 118 Å². The van der Waals surface area contributed by atoms with Gasteiger partial charge in [0.05, 0.1) is 6.10 Å². The first-order valence-electron chi connectivity index (χ1n) is 6.92. The molecule has 0 amide bonds. The third kappa shape index (κ3) is 3.10. The molecule has 1 fully saturated rings. The van der Waals surface area contributed by atoms with Crippen LogP contribution in [0.1, 0.15) is 50.2 Å². The molecule has 3 N–H and O–H groups in total. The molecule has 106 valence electrons. The van der Waals surface area contributed by atoms with Crippen molar-refractivity contribution in [3.8, 4) is 0 Å². The van der Waals surface area contributed by atoms with Gasteiger partial charge in [0, 0.05) is 17.0 Å². The van der Waals surface area contributed by atoms with E-state index in [4.69, 9.17) is 17.3 Å². The molecule has 0 aliphatic heterocycles. The van der Waals surface area contributed by atoms with Crippen LogP contribution in [0, 0.1) is 11.2 Å². The second-order valence-corrected chi connectivity index (χ2v) is 5.96. The summed E-state index contributed by atoms with van der Waals surface area (Å²) < 4.78 is 13.1. The Bertz CT molecular complexity index is 430. The van der Waals surface area contributed by atoms with E-state index in [2.05, 4.69) is 0 Å². The molecule has 4 heteroatoms. The molecule has 0 bridgehead atoms. The molecule has 0 aromatic heterocycles. The van der Waals surface area contributed by atoms with Crippen LogP contribution in [0.3, 0.4) is 0 Å². The second kappa shape index (κ2) is 6.21. The molecule has 1 aromatic rings. The maximum atomic E-state index is 13.1. The Morgan fingerprint density at radius 1 is 1.26 bits per heavy atom. The quantitative estimate of drug-likeness (QED) is 0.830. The van der Waals surface area contributed by atoms with Crippen LogP contribution in [0.15, 0.2) is 18.2 Å². The van der Waals surface area contributed by atoms with E-state index in [0.29, 0.717) is 12.1 Å². The highest BCUT2D eigenvalue weighted by molar-refractivity contribution is 6.31. The average molecular weight is 286 g/mol. The largest absolute Gasteiger partial charge is 0.388 e. The topological polar surface area (TPSA) is 46.2 Å². The van der Waals surface area contributed by atoms with Crippen molar-refractivity contribution in [3.05, 3.63) is 34.6 Å². The number of aliphatic hydroxyl groups excluding tert-OH is 1. The lowest BCUT2D eigenvalue weighted by Crippen LogP contribution is -2.36. The summed E-state index contributed by atoms with van der Waals surface area (Å²) in [4.78, 5) is 0. The van der Waals surface area contributed by atoms with Gasteiger partial charge in [-0.3, -0.25) is 0 Å². The number of hydrogen-bond acceptors (Lipinski definition) is 2. The van der Waals surface area contributed by atoms with Gasteiger partial charge in [-0.15, -0.1) is 0 Å². The van der Waals surface area contributed by atoms with Gasteiger partial charge in [0.2, 0.25) is 0 Å². The fourth-order valence-electron chi connectivity index (χ4n) is 3.07. The SMILES string of the molecule is NCC1(C(O)c2ccc(F)cc2Cl)CCCCCC1. The fraction of sp³-hybridized carbons (Fsp3) is 0.600. The summed E-state index contributed by atoms with van der Waals surface area (Å²) in [5.41, 5.74) is 6.22. The molecule has 0 saturated heterocycles. The first kappa shape index (κ1) is 14.8. The average Bonchev–Trinajstić information content (AvgIpc) is 2.64. The highest BCUT2D eigenvalue weighted by Gasteiger charge is 2.38. The van der Waals surface area contributed by atoms with E-state index in [1.54, 1.807) is 6.07 Å². The summed E-state index contributed by atoms with van der Waals surface area (Å²) in [5, 5.41) is 11.0.